The number of aromatic nitrogens is 6. The lowest BCUT2D eigenvalue weighted by atomic mass is 10.1. The molecule has 0 saturated heterocycles. The van der Waals surface area contributed by atoms with Crippen LogP contribution in [0.15, 0.2) is 59.5 Å². The van der Waals surface area contributed by atoms with Crippen LogP contribution in [0.5, 0.6) is 5.75 Å². The Morgan fingerprint density at radius 1 is 1.00 bits per heavy atom. The van der Waals surface area contributed by atoms with E-state index in [1.54, 1.807) is 29.8 Å². The van der Waals surface area contributed by atoms with Gasteiger partial charge in [0.2, 0.25) is 5.95 Å². The highest BCUT2D eigenvalue weighted by Gasteiger charge is 2.17. The first-order valence-corrected chi connectivity index (χ1v) is 11.4. The van der Waals surface area contributed by atoms with Crippen LogP contribution in [0, 0.1) is 27.7 Å². The summed E-state index contributed by atoms with van der Waals surface area (Å²) in [7, 11) is 0. The second-order valence-corrected chi connectivity index (χ2v) is 8.68. The minimum atomic E-state index is -0.375. The van der Waals surface area contributed by atoms with Crippen molar-refractivity contribution in [1.29, 1.82) is 0 Å². The molecule has 0 aliphatic heterocycles. The minimum absolute atomic E-state index is 0.154. The van der Waals surface area contributed by atoms with Gasteiger partial charge in [-0.1, -0.05) is 23.8 Å². The number of anilines is 1. The van der Waals surface area contributed by atoms with Crippen LogP contribution in [0.25, 0.3) is 22.7 Å². The number of hydrogen-bond donors (Lipinski definition) is 2. The lowest BCUT2D eigenvalue weighted by Gasteiger charge is -2.10. The summed E-state index contributed by atoms with van der Waals surface area (Å²) in [5.74, 6) is 0.725. The first-order chi connectivity index (χ1) is 17.3. The zero-order valence-corrected chi connectivity index (χ0v) is 20.4. The zero-order valence-electron chi connectivity index (χ0n) is 20.4. The molecule has 1 amide bonds. The third-order valence-electron chi connectivity index (χ3n) is 5.85. The van der Waals surface area contributed by atoms with E-state index in [-0.39, 0.29) is 24.0 Å². The summed E-state index contributed by atoms with van der Waals surface area (Å²) in [6.45, 7) is 7.62. The summed E-state index contributed by atoms with van der Waals surface area (Å²) in [5, 5.41) is 11.9. The number of nitrogens with one attached hydrogen (secondary N) is 2. The summed E-state index contributed by atoms with van der Waals surface area (Å²) in [6.07, 6.45) is 1.49. The van der Waals surface area contributed by atoms with Crippen molar-refractivity contribution in [2.75, 3.05) is 11.9 Å². The van der Waals surface area contributed by atoms with Gasteiger partial charge >= 0.3 is 0 Å². The fourth-order valence-electron chi connectivity index (χ4n) is 3.77. The molecule has 182 valence electrons. The van der Waals surface area contributed by atoms with Crippen LogP contribution < -0.4 is 15.6 Å². The molecule has 3 aromatic heterocycles. The van der Waals surface area contributed by atoms with Crippen molar-refractivity contribution in [2.45, 2.75) is 27.7 Å². The predicted molar refractivity (Wildman–Crippen MR) is 136 cm³/mol. The fraction of sp³-hybridized carbons (Fsp3) is 0.192. The molecule has 0 radical (unpaired) electrons. The lowest BCUT2D eigenvalue weighted by Crippen LogP contribution is -2.23. The van der Waals surface area contributed by atoms with Crippen molar-refractivity contribution in [1.82, 2.24) is 29.5 Å². The molecule has 0 aliphatic rings. The molecule has 0 unspecified atom stereocenters. The van der Waals surface area contributed by atoms with Gasteiger partial charge in [0.15, 0.2) is 12.3 Å². The molecule has 2 N–H and O–H groups in total. The smallest absolute Gasteiger partial charge is 0.263 e. The molecule has 0 spiro atoms. The Labute approximate surface area is 206 Å². The van der Waals surface area contributed by atoms with Crippen LogP contribution in [0.2, 0.25) is 0 Å². The summed E-state index contributed by atoms with van der Waals surface area (Å²) in [4.78, 5) is 32.8. The number of carbonyl (C=O) groups excluding carboxylic acids is 1. The van der Waals surface area contributed by atoms with E-state index in [9.17, 15) is 9.59 Å². The van der Waals surface area contributed by atoms with Gasteiger partial charge in [0.05, 0.1) is 17.6 Å². The summed E-state index contributed by atoms with van der Waals surface area (Å²) in [5.41, 5.74) is 4.79. The molecule has 3 heterocycles. The number of ether oxygens (including phenoxy) is 1. The Morgan fingerprint density at radius 2 is 1.78 bits per heavy atom. The van der Waals surface area contributed by atoms with Gasteiger partial charge in [0.25, 0.3) is 11.5 Å². The molecule has 0 atom stereocenters. The van der Waals surface area contributed by atoms with E-state index in [4.69, 9.17) is 4.74 Å². The van der Waals surface area contributed by atoms with Gasteiger partial charge in [-0.3, -0.25) is 14.6 Å². The van der Waals surface area contributed by atoms with E-state index < -0.39 is 0 Å². The molecule has 2 aromatic carbocycles. The third-order valence-corrected chi connectivity index (χ3v) is 5.85. The number of benzene rings is 2. The Morgan fingerprint density at radius 3 is 2.53 bits per heavy atom. The van der Waals surface area contributed by atoms with Gasteiger partial charge in [-0.15, -0.1) is 0 Å². The molecule has 0 saturated carbocycles. The molecule has 0 fully saturated rings. The Balaban J connectivity index is 1.46. The number of aromatic amines is 1. The van der Waals surface area contributed by atoms with Crippen molar-refractivity contribution < 1.29 is 9.53 Å². The number of amides is 1. The standard InChI is InChI=1S/C26H25N7O3/c1-15-5-9-20(10-6-15)36-14-23(34)28-22-12-18(4)31-33(22)26-29-24-21(25(35)30-26)13-27-32(24)19-8-7-16(2)17(3)11-19/h5-13H,14H2,1-4H3,(H,28,34)(H,29,30,35). The molecule has 0 bridgehead atoms. The highest BCUT2D eigenvalue weighted by atomic mass is 16.5. The van der Waals surface area contributed by atoms with Crippen molar-refractivity contribution >= 4 is 22.8 Å². The van der Waals surface area contributed by atoms with E-state index >= 15 is 0 Å². The van der Waals surface area contributed by atoms with Crippen LogP contribution in [0.3, 0.4) is 0 Å². The molecule has 10 heteroatoms. The van der Waals surface area contributed by atoms with Crippen molar-refractivity contribution in [2.24, 2.45) is 0 Å². The number of aryl methyl sites for hydroxylation is 4. The first kappa shape index (κ1) is 23.0. The second-order valence-electron chi connectivity index (χ2n) is 8.68. The van der Waals surface area contributed by atoms with Gasteiger partial charge in [-0.25, -0.2) is 4.68 Å². The molecular formula is C26H25N7O3. The highest BCUT2D eigenvalue weighted by molar-refractivity contribution is 5.91. The van der Waals surface area contributed by atoms with E-state index in [0.29, 0.717) is 28.3 Å². The number of carbonyl (C=O) groups is 1. The number of hydrogen-bond acceptors (Lipinski definition) is 6. The number of rotatable bonds is 6. The quantitative estimate of drug-likeness (QED) is 0.381. The second kappa shape index (κ2) is 9.14. The molecule has 5 aromatic rings. The molecule has 10 nitrogen and oxygen atoms in total. The highest BCUT2D eigenvalue weighted by Crippen LogP contribution is 2.20. The molecule has 5 rings (SSSR count). The van der Waals surface area contributed by atoms with Gasteiger partial charge in [-0.2, -0.15) is 19.9 Å². The van der Waals surface area contributed by atoms with Gasteiger partial charge in [0.1, 0.15) is 17.0 Å². The lowest BCUT2D eigenvalue weighted by molar-refractivity contribution is -0.118. The number of fused-ring (bicyclic) bond motifs is 1. The maximum Gasteiger partial charge on any atom is 0.263 e. The Kier molecular flexibility index (Phi) is 5.85. The fourth-order valence-corrected chi connectivity index (χ4v) is 3.77. The van der Waals surface area contributed by atoms with Crippen LogP contribution in [0.4, 0.5) is 5.82 Å². The molecule has 0 aliphatic carbocycles. The van der Waals surface area contributed by atoms with Crippen molar-refractivity contribution in [3.8, 4) is 17.4 Å². The Bertz CT molecular complexity index is 1640. The number of H-pyrrole nitrogens is 1. The monoisotopic (exact) mass is 483 g/mol. The van der Waals surface area contributed by atoms with Crippen LogP contribution >= 0.6 is 0 Å². The Hall–Kier alpha value is -4.73. The third kappa shape index (κ3) is 4.48. The van der Waals surface area contributed by atoms with E-state index in [1.165, 1.54) is 10.9 Å². The predicted octanol–water partition coefficient (Wildman–Crippen LogP) is 3.55. The number of nitrogens with zero attached hydrogens (tertiary/aromatic N) is 5. The summed E-state index contributed by atoms with van der Waals surface area (Å²) < 4.78 is 8.57. The summed E-state index contributed by atoms with van der Waals surface area (Å²) in [6, 6.07) is 15.0. The molecule has 36 heavy (non-hydrogen) atoms. The van der Waals surface area contributed by atoms with Crippen LogP contribution in [0.1, 0.15) is 22.4 Å². The van der Waals surface area contributed by atoms with Gasteiger partial charge < -0.3 is 10.1 Å². The van der Waals surface area contributed by atoms with Crippen molar-refractivity contribution in [3.05, 3.63) is 87.5 Å². The maximum atomic E-state index is 12.9. The zero-order chi connectivity index (χ0) is 25.4. The van der Waals surface area contributed by atoms with Crippen molar-refractivity contribution in [3.63, 3.8) is 0 Å². The van der Waals surface area contributed by atoms with E-state index in [0.717, 1.165) is 22.4 Å². The minimum Gasteiger partial charge on any atom is -0.484 e. The topological polar surface area (TPSA) is 120 Å². The van der Waals surface area contributed by atoms with E-state index in [2.05, 4.69) is 25.5 Å². The molecular weight excluding hydrogens is 458 g/mol. The average Bonchev–Trinajstić information content (AvgIpc) is 3.44. The van der Waals surface area contributed by atoms with Crippen LogP contribution in [-0.2, 0) is 4.79 Å². The first-order valence-electron chi connectivity index (χ1n) is 11.4. The van der Waals surface area contributed by atoms with Gasteiger partial charge in [-0.05, 0) is 63.1 Å². The normalized spacial score (nSPS) is 11.1. The average molecular weight is 484 g/mol. The van der Waals surface area contributed by atoms with E-state index in [1.807, 2.05) is 51.1 Å². The largest absolute Gasteiger partial charge is 0.484 e. The maximum absolute atomic E-state index is 12.9. The summed E-state index contributed by atoms with van der Waals surface area (Å²) >= 11 is 0. The van der Waals surface area contributed by atoms with Crippen LogP contribution in [-0.4, -0.2) is 42.0 Å². The SMILES string of the molecule is Cc1ccc(OCC(=O)Nc2cc(C)nn2-c2nc3c(cnn3-c3ccc(C)c(C)c3)c(=O)[nH]2)cc1. The van der Waals surface area contributed by atoms with Gasteiger partial charge in [0, 0.05) is 6.07 Å².